The van der Waals surface area contributed by atoms with Gasteiger partial charge in [0.15, 0.2) is 0 Å². The van der Waals surface area contributed by atoms with Crippen LogP contribution < -0.4 is 5.32 Å². The monoisotopic (exact) mass is 501 g/mol. The van der Waals surface area contributed by atoms with Gasteiger partial charge in [-0.1, -0.05) is 41.1 Å². The fourth-order valence-electron chi connectivity index (χ4n) is 4.24. The molecule has 4 amide bonds. The quantitative estimate of drug-likeness (QED) is 0.487. The van der Waals surface area contributed by atoms with Crippen LogP contribution in [-0.4, -0.2) is 70.3 Å². The van der Waals surface area contributed by atoms with Crippen molar-refractivity contribution in [2.75, 3.05) is 0 Å². The fourth-order valence-corrected chi connectivity index (χ4v) is 4.37. The van der Waals surface area contributed by atoms with E-state index < -0.39 is 58.7 Å². The van der Waals surface area contributed by atoms with Crippen LogP contribution in [0.15, 0.2) is 42.5 Å². The van der Waals surface area contributed by atoms with Crippen molar-refractivity contribution in [3.8, 4) is 0 Å². The Hall–Kier alpha value is -3.07. The lowest BCUT2D eigenvalue weighted by molar-refractivity contribution is -0.154. The van der Waals surface area contributed by atoms with Crippen molar-refractivity contribution in [1.82, 2.24) is 15.0 Å². The molecule has 1 N–H and O–H groups in total. The molecule has 7 nitrogen and oxygen atoms in total. The number of piperidine rings is 1. The van der Waals surface area contributed by atoms with Gasteiger partial charge in [-0.25, -0.2) is 0 Å². The Labute approximate surface area is 215 Å². The number of hydrogen-bond acceptors (Lipinski definition) is 4. The number of hydrogen-bond donors (Lipinski definition) is 1. The largest absolute Gasteiger partial charge is 0.387 e. The van der Waals surface area contributed by atoms with Crippen molar-refractivity contribution in [3.63, 3.8) is 0 Å². The lowest BCUT2D eigenvalue weighted by Gasteiger charge is -2.52. The van der Waals surface area contributed by atoms with Crippen molar-refractivity contribution in [2.45, 2.75) is 36.1 Å². The zero-order chi connectivity index (χ0) is 26.6. The molecule has 2 aliphatic rings. The molecule has 0 aliphatic carbocycles. The van der Waals surface area contributed by atoms with E-state index in [0.717, 1.165) is 17.0 Å². The summed E-state index contributed by atoms with van der Waals surface area (Å²) < 4.78 is 29.4. The zero-order valence-electron chi connectivity index (χ0n) is 18.6. The Morgan fingerprint density at radius 2 is 1.75 bits per heavy atom. The number of rotatable bonds is 5. The summed E-state index contributed by atoms with van der Waals surface area (Å²) in [4.78, 5) is 51.1. The van der Waals surface area contributed by atoms with Gasteiger partial charge in [0.2, 0.25) is 19.8 Å². The zero-order valence-corrected chi connectivity index (χ0v) is 19.4. The van der Waals surface area contributed by atoms with E-state index in [-0.39, 0.29) is 17.1 Å². The van der Waals surface area contributed by atoms with Crippen LogP contribution in [0, 0.1) is 0 Å². The molecule has 8 radical (unpaired) electrons. The predicted octanol–water partition coefficient (Wildman–Crippen LogP) is 0.864. The normalized spacial score (nSPS) is 21.2. The maximum absolute atomic E-state index is 14.7. The van der Waals surface area contributed by atoms with Crippen LogP contribution in [0.5, 0.6) is 0 Å². The van der Waals surface area contributed by atoms with Gasteiger partial charge in [0, 0.05) is 35.7 Å². The first-order chi connectivity index (χ1) is 16.7. The van der Waals surface area contributed by atoms with E-state index in [0.29, 0.717) is 15.9 Å². The minimum Gasteiger partial charge on any atom is -0.387 e. The molecule has 0 bridgehead atoms. The minimum absolute atomic E-state index is 0.158. The summed E-state index contributed by atoms with van der Waals surface area (Å²) in [5, 5.41) is 0.208. The summed E-state index contributed by atoms with van der Waals surface area (Å²) in [6, 6.07) is 8.77. The van der Waals surface area contributed by atoms with E-state index in [1.165, 1.54) is 30.3 Å². The molecule has 1 fully saturated rings. The minimum atomic E-state index is -3.91. The van der Waals surface area contributed by atoms with Crippen LogP contribution in [0.2, 0.25) is 10.2 Å². The molecule has 2 aromatic carbocycles. The molecular formula is C22H14B4ClF2N3O4. The number of nitrogens with one attached hydrogen (secondary N) is 1. The first-order valence-electron chi connectivity index (χ1n) is 10.5. The van der Waals surface area contributed by atoms with Gasteiger partial charge in [-0.05, 0) is 29.3 Å². The van der Waals surface area contributed by atoms with Gasteiger partial charge in [0.1, 0.15) is 7.85 Å². The van der Waals surface area contributed by atoms with E-state index >= 15 is 0 Å². The molecule has 1 atom stereocenters. The average molecular weight is 501 g/mol. The van der Waals surface area contributed by atoms with Gasteiger partial charge in [-0.2, -0.15) is 8.78 Å². The standard InChI is InChI=1S/C22H14B4ClF2N3O4/c23-20(24)8-16(33)30-18(35)22(20,25)31-10-12-7-11(1-6-15(12)17(31)34)9-32(26)19(36)21(28,29)13-2-4-14(27)5-3-13/h1-7H,8-10H2,(H,30,33,35)/t22-/m1/s1. The molecule has 0 saturated carbocycles. The summed E-state index contributed by atoms with van der Waals surface area (Å²) in [6.45, 7) is -0.625. The van der Waals surface area contributed by atoms with Gasteiger partial charge in [0.05, 0.1) is 21.1 Å². The highest BCUT2D eigenvalue weighted by Crippen LogP contribution is 2.44. The first kappa shape index (κ1) is 26.0. The van der Waals surface area contributed by atoms with E-state index in [4.69, 9.17) is 43.1 Å². The van der Waals surface area contributed by atoms with Gasteiger partial charge < -0.3 is 9.71 Å². The van der Waals surface area contributed by atoms with E-state index in [1.807, 2.05) is 5.32 Å². The van der Waals surface area contributed by atoms with E-state index in [9.17, 15) is 28.0 Å². The van der Waals surface area contributed by atoms with Crippen LogP contribution in [0.25, 0.3) is 0 Å². The highest BCUT2D eigenvalue weighted by molar-refractivity contribution is 6.52. The Kier molecular flexibility index (Phi) is 6.35. The Morgan fingerprint density at radius 1 is 1.11 bits per heavy atom. The Bertz CT molecular complexity index is 1290. The molecule has 2 aromatic rings. The number of carbonyl (C=O) groups excluding carboxylic acids is 4. The molecule has 4 rings (SSSR count). The van der Waals surface area contributed by atoms with Crippen molar-refractivity contribution in [3.05, 3.63) is 69.7 Å². The van der Waals surface area contributed by atoms with Crippen molar-refractivity contribution >= 4 is 66.7 Å². The molecule has 2 aliphatic heterocycles. The van der Waals surface area contributed by atoms with Crippen LogP contribution in [0.4, 0.5) is 8.78 Å². The molecule has 174 valence electrons. The van der Waals surface area contributed by atoms with Crippen molar-refractivity contribution < 1.29 is 28.0 Å². The second kappa shape index (κ2) is 8.80. The summed E-state index contributed by atoms with van der Waals surface area (Å²) in [6.07, 6.45) is -0.507. The lowest BCUT2D eigenvalue weighted by Crippen LogP contribution is -2.70. The highest BCUT2D eigenvalue weighted by Gasteiger charge is 2.56. The maximum atomic E-state index is 14.7. The number of amides is 4. The predicted molar refractivity (Wildman–Crippen MR) is 128 cm³/mol. The van der Waals surface area contributed by atoms with Crippen LogP contribution >= 0.6 is 11.6 Å². The molecule has 1 saturated heterocycles. The summed E-state index contributed by atoms with van der Waals surface area (Å²) in [7, 11) is 23.8. The third-order valence-electron chi connectivity index (χ3n) is 6.25. The number of fused-ring (bicyclic) bond motifs is 1. The van der Waals surface area contributed by atoms with Crippen molar-refractivity contribution in [2.24, 2.45) is 0 Å². The smallest absolute Gasteiger partial charge is 0.348 e. The number of carbonyl (C=O) groups is 4. The molecule has 0 aromatic heterocycles. The molecule has 0 unspecified atom stereocenters. The van der Waals surface area contributed by atoms with Crippen LogP contribution in [0.3, 0.4) is 0 Å². The number of benzene rings is 2. The summed E-state index contributed by atoms with van der Waals surface area (Å²) >= 11 is 5.72. The third-order valence-corrected chi connectivity index (χ3v) is 6.50. The lowest BCUT2D eigenvalue weighted by atomic mass is 9.36. The second-order valence-corrected chi connectivity index (χ2v) is 9.19. The number of halogens is 3. The van der Waals surface area contributed by atoms with Gasteiger partial charge in [0.25, 0.3) is 11.8 Å². The van der Waals surface area contributed by atoms with Gasteiger partial charge >= 0.3 is 5.92 Å². The van der Waals surface area contributed by atoms with Crippen molar-refractivity contribution in [1.29, 1.82) is 0 Å². The second-order valence-electron chi connectivity index (χ2n) is 8.76. The molecular weight excluding hydrogens is 487 g/mol. The highest BCUT2D eigenvalue weighted by atomic mass is 35.5. The maximum Gasteiger partial charge on any atom is 0.348 e. The van der Waals surface area contributed by atoms with Crippen LogP contribution in [-0.2, 0) is 33.4 Å². The SMILES string of the molecule is [B]N(Cc1ccc2c(c1)CN([C@]1([B])C(=O)NC(=O)CC1([B])[B])C2=O)C(=O)C(F)(F)c1ccc(Cl)cc1. The Morgan fingerprint density at radius 3 is 2.36 bits per heavy atom. The number of imide groups is 1. The summed E-state index contributed by atoms with van der Waals surface area (Å²) in [5.41, 5.74) is -1.97. The number of alkyl halides is 2. The van der Waals surface area contributed by atoms with E-state index in [2.05, 4.69) is 0 Å². The fraction of sp³-hybridized carbons (Fsp3) is 0.273. The Balaban J connectivity index is 1.55. The topological polar surface area (TPSA) is 86.8 Å². The van der Waals surface area contributed by atoms with Gasteiger partial charge in [-0.15, -0.1) is 0 Å². The third kappa shape index (κ3) is 4.13. The average Bonchev–Trinajstić information content (AvgIpc) is 3.12. The van der Waals surface area contributed by atoms with Gasteiger partial charge in [-0.3, -0.25) is 24.5 Å². The number of nitrogens with zero attached hydrogens (tertiary/aromatic N) is 2. The molecule has 36 heavy (non-hydrogen) atoms. The molecule has 0 spiro atoms. The molecule has 2 heterocycles. The van der Waals surface area contributed by atoms with Crippen LogP contribution in [0.1, 0.15) is 33.5 Å². The van der Waals surface area contributed by atoms with E-state index in [1.54, 1.807) is 0 Å². The first-order valence-corrected chi connectivity index (χ1v) is 10.9. The summed E-state index contributed by atoms with van der Waals surface area (Å²) in [5.74, 6) is -8.00. The molecule has 14 heteroatoms.